The van der Waals surface area contributed by atoms with Crippen molar-refractivity contribution in [2.75, 3.05) is 0 Å². The Bertz CT molecular complexity index is 958. The zero-order chi connectivity index (χ0) is 16.4. The van der Waals surface area contributed by atoms with Crippen LogP contribution in [0.2, 0.25) is 0 Å². The third kappa shape index (κ3) is 2.55. The van der Waals surface area contributed by atoms with Gasteiger partial charge in [-0.2, -0.15) is 0 Å². The molecule has 0 aromatic heterocycles. The zero-order valence-electron chi connectivity index (χ0n) is 13.0. The van der Waals surface area contributed by atoms with Crippen LogP contribution in [-0.2, 0) is 0 Å². The van der Waals surface area contributed by atoms with Gasteiger partial charge in [0.1, 0.15) is 0 Å². The second-order valence-corrected chi connectivity index (χ2v) is 6.23. The van der Waals surface area contributed by atoms with Crippen LogP contribution in [0.5, 0.6) is 0 Å². The van der Waals surface area contributed by atoms with Crippen LogP contribution < -0.4 is 0 Å². The Hall–Kier alpha value is -2.71. The van der Waals surface area contributed by atoms with Crippen molar-refractivity contribution in [1.29, 1.82) is 0 Å². The molecule has 0 spiro atoms. The minimum atomic E-state index is -0.731. The summed E-state index contributed by atoms with van der Waals surface area (Å²) >= 11 is 0. The van der Waals surface area contributed by atoms with Gasteiger partial charge in [-0.25, -0.2) is 0 Å². The molecule has 0 heterocycles. The summed E-state index contributed by atoms with van der Waals surface area (Å²) in [5, 5.41) is 4.64. The van der Waals surface area contributed by atoms with Gasteiger partial charge >= 0.3 is 9.85 Å². The van der Waals surface area contributed by atoms with E-state index in [4.69, 9.17) is 0 Å². The average molecular weight is 326 g/mol. The molecule has 0 aliphatic rings. The van der Waals surface area contributed by atoms with Gasteiger partial charge in [0, 0.05) is 0 Å². The van der Waals surface area contributed by atoms with E-state index in [-0.39, 0.29) is 0 Å². The Morgan fingerprint density at radius 1 is 0.625 bits per heavy atom. The molecular weight excluding hydrogens is 311 g/mol. The molecule has 4 aromatic rings. The van der Waals surface area contributed by atoms with Crippen molar-refractivity contribution in [3.8, 4) is 0 Å². The highest BCUT2D eigenvalue weighted by Gasteiger charge is 2.11. The van der Waals surface area contributed by atoms with Crippen LogP contribution in [-0.4, -0.2) is 9.85 Å². The molecule has 0 nitrogen and oxygen atoms in total. The van der Waals surface area contributed by atoms with Gasteiger partial charge in [-0.1, -0.05) is 90.6 Å². The van der Waals surface area contributed by atoms with Crippen LogP contribution in [0.25, 0.3) is 27.1 Å². The van der Waals surface area contributed by atoms with Crippen molar-refractivity contribution in [3.63, 3.8) is 0 Å². The molecule has 0 amide bonds. The van der Waals surface area contributed by atoms with Crippen LogP contribution >= 0.6 is 0 Å². The Kier molecular flexibility index (Phi) is 3.97. The quantitative estimate of drug-likeness (QED) is 0.321. The first-order valence-corrected chi connectivity index (χ1v) is 8.86. The van der Waals surface area contributed by atoms with Crippen molar-refractivity contribution in [2.45, 2.75) is 0 Å². The zero-order valence-corrected chi connectivity index (χ0v) is 14.0. The van der Waals surface area contributed by atoms with E-state index in [1.54, 1.807) is 5.70 Å². The first-order chi connectivity index (χ1) is 11.9. The molecule has 24 heavy (non-hydrogen) atoms. The van der Waals surface area contributed by atoms with Gasteiger partial charge in [0.25, 0.3) is 0 Å². The summed E-state index contributed by atoms with van der Waals surface area (Å²) < 4.78 is 13.4. The summed E-state index contributed by atoms with van der Waals surface area (Å²) in [4.78, 5) is 0. The smallest absolute Gasteiger partial charge is 0.309 e. The van der Waals surface area contributed by atoms with Crippen molar-refractivity contribution < 1.29 is 4.11 Å². The van der Waals surface area contributed by atoms with E-state index in [0.717, 1.165) is 27.5 Å². The van der Waals surface area contributed by atoms with Crippen LogP contribution in [0.15, 0.2) is 90.6 Å². The molecule has 0 saturated heterocycles. The van der Waals surface area contributed by atoms with Gasteiger partial charge in [-0.3, -0.25) is 0 Å². The highest BCUT2D eigenvalue weighted by molar-refractivity contribution is 6.36. The van der Waals surface area contributed by atoms with Crippen LogP contribution in [0, 0.1) is 0 Å². The lowest BCUT2D eigenvalue weighted by Gasteiger charge is -2.14. The van der Waals surface area contributed by atoms with Gasteiger partial charge < -0.3 is 4.11 Å². The number of benzene rings is 4. The lowest BCUT2D eigenvalue weighted by atomic mass is 9.91. The van der Waals surface area contributed by atoms with Crippen LogP contribution in [0.3, 0.4) is 0 Å². The average Bonchev–Trinajstić information content (AvgIpc) is 2.65. The highest BCUT2D eigenvalue weighted by Crippen LogP contribution is 2.33. The Morgan fingerprint density at radius 3 is 1.58 bits per heavy atom. The third-order valence-corrected chi connectivity index (χ3v) is 4.76. The summed E-state index contributed by atoms with van der Waals surface area (Å²) in [5.74, 6) is 0. The van der Waals surface area contributed by atoms with Crippen molar-refractivity contribution in [1.82, 2.24) is 0 Å². The second-order valence-electron chi connectivity index (χ2n) is 5.72. The molecule has 0 aliphatic heterocycles. The summed E-state index contributed by atoms with van der Waals surface area (Å²) in [5.41, 5.74) is 4.83. The molecule has 2 radical (unpaired) electrons. The van der Waals surface area contributed by atoms with Gasteiger partial charge in [-0.05, 0) is 38.2 Å². The minimum Gasteiger partial charge on any atom is -0.309 e. The lowest BCUT2D eigenvalue weighted by Crippen LogP contribution is -1.93. The van der Waals surface area contributed by atoms with E-state index >= 15 is 0 Å². The maximum atomic E-state index is 13.4. The topological polar surface area (TPSA) is 0 Å². The fourth-order valence-corrected chi connectivity index (χ4v) is 3.70. The molecule has 0 saturated carbocycles. The molecule has 0 aliphatic carbocycles. The molecule has 0 atom stereocenters. The van der Waals surface area contributed by atoms with Gasteiger partial charge in [0.05, 0.1) is 0 Å². The van der Waals surface area contributed by atoms with Crippen LogP contribution in [0.4, 0.5) is 4.11 Å². The van der Waals surface area contributed by atoms with E-state index in [2.05, 4.69) is 48.5 Å². The molecule has 0 fully saturated rings. The van der Waals surface area contributed by atoms with E-state index in [1.165, 1.54) is 10.8 Å². The first kappa shape index (κ1) is 14.9. The Morgan fingerprint density at radius 2 is 1.08 bits per heavy atom. The van der Waals surface area contributed by atoms with Crippen molar-refractivity contribution in [2.24, 2.45) is 0 Å². The van der Waals surface area contributed by atoms with E-state index in [0.29, 0.717) is 0 Å². The summed E-state index contributed by atoms with van der Waals surface area (Å²) in [7, 11) is -0.731. The largest absolute Gasteiger partial charge is 0.326 e. The van der Waals surface area contributed by atoms with Crippen molar-refractivity contribution in [3.05, 3.63) is 102 Å². The Labute approximate surface area is 143 Å². The monoisotopic (exact) mass is 326 g/mol. The number of fused-ring (bicyclic) bond motifs is 2. The number of hydrogen-bond acceptors (Lipinski definition) is 0. The summed E-state index contributed by atoms with van der Waals surface area (Å²) in [6.07, 6.45) is 0. The minimum absolute atomic E-state index is 0.731. The SMILES string of the molecule is F[Si]C=C(c1cccc2ccccc12)c1cccc2ccccc12. The lowest BCUT2D eigenvalue weighted by molar-refractivity contribution is 0.884. The molecule has 114 valence electrons. The molecule has 4 rings (SSSR count). The molecule has 0 bridgehead atoms. The molecule has 0 unspecified atom stereocenters. The van der Waals surface area contributed by atoms with Crippen LogP contribution in [0.1, 0.15) is 11.1 Å². The Balaban J connectivity index is 2.03. The van der Waals surface area contributed by atoms with Gasteiger partial charge in [0.15, 0.2) is 0 Å². The fourth-order valence-electron chi connectivity index (χ4n) is 3.28. The van der Waals surface area contributed by atoms with E-state index < -0.39 is 9.85 Å². The van der Waals surface area contributed by atoms with Gasteiger partial charge in [-0.15, -0.1) is 0 Å². The molecule has 0 N–H and O–H groups in total. The fraction of sp³-hybridized carbons (Fsp3) is 0. The summed E-state index contributed by atoms with van der Waals surface area (Å²) in [6.45, 7) is 0. The standard InChI is InChI=1S/C22H15FSi/c23-24-15-22(20-13-5-9-16-7-1-3-11-18(16)20)21-14-6-10-17-8-2-4-12-19(17)21/h1-15H. The van der Waals surface area contributed by atoms with E-state index in [1.807, 2.05) is 36.4 Å². The third-order valence-electron chi connectivity index (χ3n) is 4.36. The predicted octanol–water partition coefficient (Wildman–Crippen LogP) is 5.97. The van der Waals surface area contributed by atoms with Gasteiger partial charge in [0.2, 0.25) is 0 Å². The van der Waals surface area contributed by atoms with Crippen molar-refractivity contribution >= 4 is 37.0 Å². The maximum Gasteiger partial charge on any atom is 0.326 e. The number of hydrogen-bond donors (Lipinski definition) is 0. The van der Waals surface area contributed by atoms with E-state index in [9.17, 15) is 4.11 Å². The molecule has 4 aromatic carbocycles. The summed E-state index contributed by atoms with van der Waals surface area (Å²) in [6, 6.07) is 28.9. The highest BCUT2D eigenvalue weighted by atomic mass is 28.3. The molecule has 2 heteroatoms. The normalized spacial score (nSPS) is 10.9. The maximum absolute atomic E-state index is 13.4. The second kappa shape index (κ2) is 6.42. The number of halogens is 1. The predicted molar refractivity (Wildman–Crippen MR) is 102 cm³/mol. The molecular formula is C22H15FSi. The number of rotatable bonds is 3. The first-order valence-electron chi connectivity index (χ1n) is 7.91.